The number of hydrogen-bond donors (Lipinski definition) is 3. The molecule has 1 aromatic carbocycles. The van der Waals surface area contributed by atoms with E-state index in [0.717, 1.165) is 5.56 Å². The third kappa shape index (κ3) is 5.34. The second-order valence-corrected chi connectivity index (χ2v) is 5.89. The fourth-order valence-electron chi connectivity index (χ4n) is 2.53. The van der Waals surface area contributed by atoms with Crippen LogP contribution in [0.2, 0.25) is 0 Å². The Balaban J connectivity index is 2.33. The van der Waals surface area contributed by atoms with E-state index in [2.05, 4.69) is 15.3 Å². The maximum absolute atomic E-state index is 12.8. The summed E-state index contributed by atoms with van der Waals surface area (Å²) in [5, 5.41) is 2.55. The van der Waals surface area contributed by atoms with Gasteiger partial charge in [-0.15, -0.1) is 0 Å². The Morgan fingerprint density at radius 3 is 2.32 bits per heavy atom. The zero-order valence-electron chi connectivity index (χ0n) is 15.3. The number of aromatic nitrogens is 1. The molecule has 0 spiro atoms. The van der Waals surface area contributed by atoms with E-state index < -0.39 is 23.6 Å². The van der Waals surface area contributed by atoms with E-state index in [-0.39, 0.29) is 17.7 Å². The number of nitrogens with two attached hydrogens (primary N) is 2. The first kappa shape index (κ1) is 20.5. The minimum absolute atomic E-state index is 0.0593. The Labute approximate surface area is 162 Å². The lowest BCUT2D eigenvalue weighted by Crippen LogP contribution is -2.48. The van der Waals surface area contributed by atoms with Crippen molar-refractivity contribution in [1.82, 2.24) is 10.3 Å². The number of nitrogens with one attached hydrogen (secondary N) is 1. The summed E-state index contributed by atoms with van der Waals surface area (Å²) in [7, 11) is 1.49. The molecule has 2 aromatic rings. The molecule has 2 amide bonds. The lowest BCUT2D eigenvalue weighted by molar-refractivity contribution is -0.138. The van der Waals surface area contributed by atoms with Crippen molar-refractivity contribution in [2.24, 2.45) is 16.5 Å². The van der Waals surface area contributed by atoms with Gasteiger partial charge < -0.3 is 16.8 Å². The summed E-state index contributed by atoms with van der Waals surface area (Å²) >= 11 is 0. The highest BCUT2D eigenvalue weighted by Gasteiger charge is 2.27. The van der Waals surface area contributed by atoms with Crippen molar-refractivity contribution in [3.05, 3.63) is 71.6 Å². The molecule has 5 N–H and O–H groups in total. The van der Waals surface area contributed by atoms with Crippen LogP contribution in [0.1, 0.15) is 11.1 Å². The molecule has 0 fully saturated rings. The number of ketones is 1. The first-order valence-electron chi connectivity index (χ1n) is 8.44. The Morgan fingerprint density at radius 2 is 1.75 bits per heavy atom. The van der Waals surface area contributed by atoms with Crippen LogP contribution in [0, 0.1) is 0 Å². The molecule has 0 aliphatic rings. The van der Waals surface area contributed by atoms with Gasteiger partial charge in [-0.05, 0) is 17.7 Å². The number of rotatable bonds is 8. The summed E-state index contributed by atoms with van der Waals surface area (Å²) in [4.78, 5) is 44.2. The van der Waals surface area contributed by atoms with E-state index in [1.807, 2.05) is 6.07 Å². The molecule has 1 atom stereocenters. The first-order chi connectivity index (χ1) is 13.4. The minimum Gasteiger partial charge on any atom is -0.398 e. The molecular weight excluding hydrogens is 358 g/mol. The smallest absolute Gasteiger partial charge is 0.287 e. The number of carbonyl (C=O) groups excluding carboxylic acids is 3. The molecule has 0 bridgehead atoms. The van der Waals surface area contributed by atoms with Gasteiger partial charge in [-0.25, -0.2) is 0 Å². The number of carbonyl (C=O) groups is 3. The highest BCUT2D eigenvalue weighted by atomic mass is 16.2. The van der Waals surface area contributed by atoms with Crippen molar-refractivity contribution in [3.8, 4) is 0 Å². The minimum atomic E-state index is -1.13. The highest BCUT2D eigenvalue weighted by Crippen LogP contribution is 2.13. The van der Waals surface area contributed by atoms with E-state index >= 15 is 0 Å². The van der Waals surface area contributed by atoms with Crippen molar-refractivity contribution < 1.29 is 14.4 Å². The normalized spacial score (nSPS) is 12.9. The summed E-state index contributed by atoms with van der Waals surface area (Å²) in [6.45, 7) is 0. The Bertz CT molecular complexity index is 908. The van der Waals surface area contributed by atoms with Gasteiger partial charge in [-0.1, -0.05) is 30.3 Å². The third-order valence-electron chi connectivity index (χ3n) is 3.93. The van der Waals surface area contributed by atoms with Gasteiger partial charge in [-0.3, -0.25) is 24.4 Å². The maximum Gasteiger partial charge on any atom is 0.287 e. The SMILES string of the molecule is CN=C/C(C(=O)NC(Cc1ccccc1)C(=O)C(N)=O)=C(\N)c1ccncc1. The van der Waals surface area contributed by atoms with E-state index in [0.29, 0.717) is 5.56 Å². The van der Waals surface area contributed by atoms with Gasteiger partial charge in [0.25, 0.3) is 11.8 Å². The zero-order chi connectivity index (χ0) is 20.5. The molecule has 1 unspecified atom stereocenters. The molecule has 8 nitrogen and oxygen atoms in total. The van der Waals surface area contributed by atoms with Crippen molar-refractivity contribution in [1.29, 1.82) is 0 Å². The number of hydrogen-bond acceptors (Lipinski definition) is 6. The topological polar surface area (TPSA) is 141 Å². The fraction of sp³-hybridized carbons (Fsp3) is 0.150. The van der Waals surface area contributed by atoms with Gasteiger partial charge in [0.15, 0.2) is 0 Å². The lowest BCUT2D eigenvalue weighted by atomic mass is 10.0. The van der Waals surface area contributed by atoms with Crippen LogP contribution in [0.4, 0.5) is 0 Å². The monoisotopic (exact) mass is 379 g/mol. The molecule has 1 heterocycles. The van der Waals surface area contributed by atoms with Gasteiger partial charge in [0.2, 0.25) is 5.78 Å². The maximum atomic E-state index is 12.8. The summed E-state index contributed by atoms with van der Waals surface area (Å²) < 4.78 is 0. The average Bonchev–Trinajstić information content (AvgIpc) is 2.71. The predicted octanol–water partition coefficient (Wildman–Crippen LogP) is 0.234. The summed E-state index contributed by atoms with van der Waals surface area (Å²) in [5.74, 6) is -2.67. The van der Waals surface area contributed by atoms with Crippen molar-refractivity contribution in [2.75, 3.05) is 7.05 Å². The summed E-state index contributed by atoms with van der Waals surface area (Å²) in [6, 6.07) is 11.1. The van der Waals surface area contributed by atoms with Gasteiger partial charge in [0.1, 0.15) is 6.04 Å². The standard InChI is InChI=1S/C20H21N5O3/c1-23-12-15(17(21)14-7-9-24-10-8-14)20(28)25-16(18(26)19(22)27)11-13-5-3-2-4-6-13/h2-10,12,16H,11,21H2,1H3,(H2,22,27)(H,25,28)/b17-15+,23-12?. The number of pyridine rings is 1. The number of primary amides is 1. The van der Waals surface area contributed by atoms with Crippen LogP contribution in [0.15, 0.2) is 65.4 Å². The molecule has 0 aliphatic heterocycles. The van der Waals surface area contributed by atoms with E-state index in [1.165, 1.54) is 25.7 Å². The highest BCUT2D eigenvalue weighted by molar-refractivity contribution is 6.38. The van der Waals surface area contributed by atoms with Crippen LogP contribution in [0.25, 0.3) is 5.70 Å². The Kier molecular flexibility index (Phi) is 7.15. The van der Waals surface area contributed by atoms with Crippen molar-refractivity contribution in [3.63, 3.8) is 0 Å². The molecular formula is C20H21N5O3. The number of nitrogens with zero attached hydrogens (tertiary/aromatic N) is 2. The summed E-state index contributed by atoms with van der Waals surface area (Å²) in [6.07, 6.45) is 4.48. The number of benzene rings is 1. The van der Waals surface area contributed by atoms with E-state index in [4.69, 9.17) is 11.5 Å². The van der Waals surface area contributed by atoms with Crippen LogP contribution in [-0.2, 0) is 20.8 Å². The van der Waals surface area contributed by atoms with E-state index in [1.54, 1.807) is 36.4 Å². The van der Waals surface area contributed by atoms with Crippen molar-refractivity contribution >= 4 is 29.5 Å². The van der Waals surface area contributed by atoms with Crippen LogP contribution < -0.4 is 16.8 Å². The van der Waals surface area contributed by atoms with Crippen LogP contribution in [0.3, 0.4) is 0 Å². The molecule has 8 heteroatoms. The number of aliphatic imine (C=N–C) groups is 1. The molecule has 1 aromatic heterocycles. The van der Waals surface area contributed by atoms with Gasteiger partial charge >= 0.3 is 0 Å². The fourth-order valence-corrected chi connectivity index (χ4v) is 2.53. The van der Waals surface area contributed by atoms with Gasteiger partial charge in [-0.2, -0.15) is 0 Å². The second-order valence-electron chi connectivity index (χ2n) is 5.89. The molecule has 144 valence electrons. The molecule has 0 radical (unpaired) electrons. The second kappa shape index (κ2) is 9.77. The molecule has 2 rings (SSSR count). The lowest BCUT2D eigenvalue weighted by Gasteiger charge is -2.17. The van der Waals surface area contributed by atoms with E-state index in [9.17, 15) is 14.4 Å². The zero-order valence-corrected chi connectivity index (χ0v) is 15.3. The van der Waals surface area contributed by atoms with Gasteiger partial charge in [0, 0.05) is 37.6 Å². The van der Waals surface area contributed by atoms with Crippen LogP contribution >= 0.6 is 0 Å². The predicted molar refractivity (Wildman–Crippen MR) is 106 cm³/mol. The largest absolute Gasteiger partial charge is 0.398 e. The van der Waals surface area contributed by atoms with Crippen molar-refractivity contribution in [2.45, 2.75) is 12.5 Å². The van der Waals surface area contributed by atoms with Crippen LogP contribution in [0.5, 0.6) is 0 Å². The Hall–Kier alpha value is -3.81. The first-order valence-corrected chi connectivity index (χ1v) is 8.44. The Morgan fingerprint density at radius 1 is 1.11 bits per heavy atom. The van der Waals surface area contributed by atoms with Crippen LogP contribution in [-0.4, -0.2) is 41.9 Å². The quantitative estimate of drug-likeness (QED) is 0.342. The van der Waals surface area contributed by atoms with Gasteiger partial charge in [0.05, 0.1) is 11.3 Å². The summed E-state index contributed by atoms with van der Waals surface area (Å²) in [5.41, 5.74) is 12.8. The third-order valence-corrected chi connectivity index (χ3v) is 3.93. The number of Topliss-reactive ketones (excluding diaryl/α,β-unsaturated/α-hetero) is 1. The molecule has 0 aliphatic carbocycles. The number of amides is 2. The molecule has 0 saturated carbocycles. The average molecular weight is 379 g/mol. The molecule has 28 heavy (non-hydrogen) atoms. The molecule has 0 saturated heterocycles.